The van der Waals surface area contributed by atoms with Crippen LogP contribution in [0.1, 0.15) is 6.92 Å². The fourth-order valence-electron chi connectivity index (χ4n) is 3.90. The van der Waals surface area contributed by atoms with Crippen molar-refractivity contribution < 1.29 is 74.7 Å². The Morgan fingerprint density at radius 3 is 1.85 bits per heavy atom. The van der Waals surface area contributed by atoms with Crippen molar-refractivity contribution in [2.45, 2.75) is 99.0 Å². The maximum Gasteiger partial charge on any atom is 0.187 e. The zero-order valence-corrected chi connectivity index (χ0v) is 17.6. The van der Waals surface area contributed by atoms with Gasteiger partial charge >= 0.3 is 0 Å². The molecule has 0 bridgehead atoms. The summed E-state index contributed by atoms with van der Waals surface area (Å²) in [4.78, 5) is 0. The van der Waals surface area contributed by atoms with Crippen LogP contribution in [0.25, 0.3) is 0 Å². The van der Waals surface area contributed by atoms with E-state index in [0.29, 0.717) is 0 Å². The highest BCUT2D eigenvalue weighted by atomic mass is 16.7. The molecule has 15 heteroatoms. The normalized spacial score (nSPS) is 53.7. The average Bonchev–Trinajstić information content (AvgIpc) is 2.79. The minimum Gasteiger partial charge on any atom is -0.394 e. The zero-order chi connectivity index (χ0) is 24.6. The van der Waals surface area contributed by atoms with Crippen LogP contribution in [-0.4, -0.2) is 156 Å². The van der Waals surface area contributed by atoms with Crippen molar-refractivity contribution in [3.63, 3.8) is 0 Å². The van der Waals surface area contributed by atoms with Crippen molar-refractivity contribution in [2.75, 3.05) is 13.2 Å². The number of hydrogen-bond donors (Lipinski definition) is 10. The van der Waals surface area contributed by atoms with E-state index in [1.165, 1.54) is 6.92 Å². The molecule has 3 heterocycles. The van der Waals surface area contributed by atoms with Gasteiger partial charge in [0.2, 0.25) is 0 Å². The first-order valence-corrected chi connectivity index (χ1v) is 10.4. The number of hydrogen-bond acceptors (Lipinski definition) is 15. The Kier molecular flexibility index (Phi) is 8.99. The standard InChI is InChI=1S/C18H32O15/c1-4-7(20)9(22)13(26)17(30-4)29-3-6-8(21)10(23)14(27)18(32-6)33-15-5(2-19)31-16(28)12(25)11(15)24/h4-28H,2-3H2,1H3/t4-,5+,6+,7+,8-,9+,10-,11+,12+,13-,14+,15+,16-,17+,18-/m0/s1. The van der Waals surface area contributed by atoms with Gasteiger partial charge in [-0.25, -0.2) is 0 Å². The fourth-order valence-corrected chi connectivity index (χ4v) is 3.90. The summed E-state index contributed by atoms with van der Waals surface area (Å²) < 4.78 is 26.5. The third-order valence-electron chi connectivity index (χ3n) is 6.03. The second kappa shape index (κ2) is 11.0. The molecule has 0 unspecified atom stereocenters. The minimum absolute atomic E-state index is 0.531. The van der Waals surface area contributed by atoms with Gasteiger partial charge in [0.25, 0.3) is 0 Å². The highest BCUT2D eigenvalue weighted by molar-refractivity contribution is 4.94. The molecule has 0 radical (unpaired) electrons. The van der Waals surface area contributed by atoms with Gasteiger partial charge in [-0.1, -0.05) is 0 Å². The van der Waals surface area contributed by atoms with Crippen LogP contribution < -0.4 is 0 Å². The molecule has 3 rings (SSSR count). The van der Waals surface area contributed by atoms with Crippen molar-refractivity contribution >= 4 is 0 Å². The van der Waals surface area contributed by atoms with Gasteiger partial charge in [0, 0.05) is 0 Å². The topological polar surface area (TPSA) is 248 Å². The Morgan fingerprint density at radius 2 is 1.21 bits per heavy atom. The van der Waals surface area contributed by atoms with Crippen LogP contribution >= 0.6 is 0 Å². The number of aliphatic hydroxyl groups excluding tert-OH is 10. The van der Waals surface area contributed by atoms with Gasteiger partial charge in [-0.15, -0.1) is 0 Å². The quantitative estimate of drug-likeness (QED) is 0.167. The molecule has 0 aromatic rings. The van der Waals surface area contributed by atoms with Gasteiger partial charge in [0.15, 0.2) is 18.9 Å². The summed E-state index contributed by atoms with van der Waals surface area (Å²) in [6, 6.07) is 0. The first-order valence-electron chi connectivity index (χ1n) is 10.4. The highest BCUT2D eigenvalue weighted by Crippen LogP contribution is 2.29. The van der Waals surface area contributed by atoms with E-state index in [1.54, 1.807) is 0 Å². The zero-order valence-electron chi connectivity index (χ0n) is 17.6. The number of rotatable bonds is 6. The van der Waals surface area contributed by atoms with Gasteiger partial charge < -0.3 is 74.7 Å². The lowest BCUT2D eigenvalue weighted by molar-refractivity contribution is -0.361. The third kappa shape index (κ3) is 5.48. The van der Waals surface area contributed by atoms with E-state index in [2.05, 4.69) is 0 Å². The summed E-state index contributed by atoms with van der Waals surface area (Å²) in [7, 11) is 0. The summed E-state index contributed by atoms with van der Waals surface area (Å²) in [5.74, 6) is 0. The summed E-state index contributed by atoms with van der Waals surface area (Å²) >= 11 is 0. The highest BCUT2D eigenvalue weighted by Gasteiger charge is 2.51. The van der Waals surface area contributed by atoms with E-state index in [-0.39, 0.29) is 0 Å². The second-order valence-corrected chi connectivity index (χ2v) is 8.36. The van der Waals surface area contributed by atoms with Crippen LogP contribution in [-0.2, 0) is 23.7 Å². The molecule has 3 aliphatic rings. The van der Waals surface area contributed by atoms with Gasteiger partial charge in [-0.2, -0.15) is 0 Å². The molecule has 10 N–H and O–H groups in total. The molecule has 194 valence electrons. The molecule has 0 aromatic heterocycles. The molecule has 15 atom stereocenters. The van der Waals surface area contributed by atoms with Crippen LogP contribution in [0.5, 0.6) is 0 Å². The Hall–Kier alpha value is -0.600. The maximum atomic E-state index is 10.3. The van der Waals surface area contributed by atoms with E-state index in [0.717, 1.165) is 0 Å². The molecule has 33 heavy (non-hydrogen) atoms. The van der Waals surface area contributed by atoms with E-state index in [1.807, 2.05) is 0 Å². The van der Waals surface area contributed by atoms with Crippen LogP contribution in [0.15, 0.2) is 0 Å². The first kappa shape index (κ1) is 27.0. The lowest BCUT2D eigenvalue weighted by Gasteiger charge is -2.45. The number of ether oxygens (including phenoxy) is 5. The summed E-state index contributed by atoms with van der Waals surface area (Å²) in [5.41, 5.74) is 0. The van der Waals surface area contributed by atoms with Crippen molar-refractivity contribution in [1.82, 2.24) is 0 Å². The minimum atomic E-state index is -1.83. The summed E-state index contributed by atoms with van der Waals surface area (Å²) in [6.07, 6.45) is -23.5. The van der Waals surface area contributed by atoms with Gasteiger partial charge in [-0.05, 0) is 6.92 Å². The molecular formula is C18H32O15. The van der Waals surface area contributed by atoms with Gasteiger partial charge in [-0.3, -0.25) is 0 Å². The molecule has 3 saturated heterocycles. The molecular weight excluding hydrogens is 456 g/mol. The van der Waals surface area contributed by atoms with E-state index < -0.39 is 105 Å². The smallest absolute Gasteiger partial charge is 0.187 e. The lowest BCUT2D eigenvalue weighted by Crippen LogP contribution is -2.64. The Morgan fingerprint density at radius 1 is 0.606 bits per heavy atom. The molecule has 15 nitrogen and oxygen atoms in total. The van der Waals surface area contributed by atoms with Crippen molar-refractivity contribution in [1.29, 1.82) is 0 Å². The summed E-state index contributed by atoms with van der Waals surface area (Å²) in [6.45, 7) is 0.165. The summed E-state index contributed by atoms with van der Waals surface area (Å²) in [5, 5.41) is 99.4. The largest absolute Gasteiger partial charge is 0.394 e. The van der Waals surface area contributed by atoms with Crippen molar-refractivity contribution in [3.05, 3.63) is 0 Å². The molecule has 0 aliphatic carbocycles. The van der Waals surface area contributed by atoms with Crippen LogP contribution in [0.3, 0.4) is 0 Å². The van der Waals surface area contributed by atoms with Crippen LogP contribution in [0, 0.1) is 0 Å². The first-order chi connectivity index (χ1) is 15.5. The monoisotopic (exact) mass is 488 g/mol. The Bertz CT molecular complexity index is 624. The molecule has 0 aromatic carbocycles. The fraction of sp³-hybridized carbons (Fsp3) is 1.00. The Balaban J connectivity index is 1.66. The van der Waals surface area contributed by atoms with Gasteiger partial charge in [0.05, 0.1) is 19.3 Å². The van der Waals surface area contributed by atoms with Crippen LogP contribution in [0.2, 0.25) is 0 Å². The predicted molar refractivity (Wildman–Crippen MR) is 99.8 cm³/mol. The molecule has 0 spiro atoms. The Labute approximate surface area is 187 Å². The van der Waals surface area contributed by atoms with Gasteiger partial charge in [0.1, 0.15) is 67.1 Å². The second-order valence-electron chi connectivity index (χ2n) is 8.36. The molecule has 0 amide bonds. The molecule has 3 aliphatic heterocycles. The number of aliphatic hydroxyl groups is 10. The predicted octanol–water partition coefficient (Wildman–Crippen LogP) is -6.55. The lowest BCUT2D eigenvalue weighted by atomic mass is 9.97. The SMILES string of the molecule is C[C@@H]1O[C@@H](OC[C@H]2O[C@@H](O[C@H]3[C@H](O)[C@@H](O)[C@@H](O)O[C@@H]3CO)[C@H](O)[C@@H](O)[C@H]2O)[C@@H](O)[C@H](O)[C@@H]1O. The average molecular weight is 488 g/mol. The van der Waals surface area contributed by atoms with Crippen molar-refractivity contribution in [3.8, 4) is 0 Å². The third-order valence-corrected chi connectivity index (χ3v) is 6.03. The van der Waals surface area contributed by atoms with E-state index in [4.69, 9.17) is 23.7 Å². The molecule has 0 saturated carbocycles. The van der Waals surface area contributed by atoms with Crippen molar-refractivity contribution in [2.24, 2.45) is 0 Å². The maximum absolute atomic E-state index is 10.3. The van der Waals surface area contributed by atoms with E-state index >= 15 is 0 Å². The van der Waals surface area contributed by atoms with Crippen LogP contribution in [0.4, 0.5) is 0 Å². The van der Waals surface area contributed by atoms with E-state index in [9.17, 15) is 51.1 Å². The molecule has 3 fully saturated rings.